The third kappa shape index (κ3) is 3.16. The van der Waals surface area contributed by atoms with Crippen LogP contribution in [0.2, 0.25) is 0 Å². The summed E-state index contributed by atoms with van der Waals surface area (Å²) in [7, 11) is 1.34. The Hall–Kier alpha value is -1.15. The molecule has 88 valence electrons. The maximum absolute atomic E-state index is 11.2. The van der Waals surface area contributed by atoms with Crippen LogP contribution in [0.1, 0.15) is 10.5 Å². The highest BCUT2D eigenvalue weighted by atomic mass is 127. The lowest BCUT2D eigenvalue weighted by molar-refractivity contribution is 0.0595. The van der Waals surface area contributed by atoms with Crippen molar-refractivity contribution in [1.82, 2.24) is 4.98 Å². The van der Waals surface area contributed by atoms with Gasteiger partial charge in [-0.15, -0.1) is 11.3 Å². The van der Waals surface area contributed by atoms with Gasteiger partial charge in [0.25, 0.3) is 0 Å². The van der Waals surface area contributed by atoms with E-state index in [9.17, 15) is 4.79 Å². The van der Waals surface area contributed by atoms with Crippen molar-refractivity contribution in [3.63, 3.8) is 0 Å². The first-order valence-corrected chi connectivity index (χ1v) is 6.71. The van der Waals surface area contributed by atoms with Crippen molar-refractivity contribution in [2.45, 2.75) is 0 Å². The Bertz CT molecular complexity index is 525. The maximum Gasteiger partial charge on any atom is 0.357 e. The zero-order valence-electron chi connectivity index (χ0n) is 8.94. The molecule has 2 aromatic rings. The van der Waals surface area contributed by atoms with Gasteiger partial charge < -0.3 is 10.1 Å². The predicted molar refractivity (Wildman–Crippen MR) is 75.9 cm³/mol. The standard InChI is InChI=1S/C11H9IN2O2S/c1-16-10(15)9-6-17-11(14-9)13-8-4-2-7(12)3-5-8/h2-6H,1H3,(H,13,14). The molecule has 0 radical (unpaired) electrons. The van der Waals surface area contributed by atoms with E-state index in [0.717, 1.165) is 5.69 Å². The minimum atomic E-state index is -0.420. The molecule has 0 amide bonds. The SMILES string of the molecule is COC(=O)c1csc(Nc2ccc(I)cc2)n1. The van der Waals surface area contributed by atoms with Gasteiger partial charge in [-0.3, -0.25) is 0 Å². The quantitative estimate of drug-likeness (QED) is 0.674. The zero-order chi connectivity index (χ0) is 12.3. The van der Waals surface area contributed by atoms with Gasteiger partial charge in [0.1, 0.15) is 0 Å². The largest absolute Gasteiger partial charge is 0.464 e. The number of anilines is 2. The second-order valence-electron chi connectivity index (χ2n) is 3.16. The number of esters is 1. The summed E-state index contributed by atoms with van der Waals surface area (Å²) < 4.78 is 5.76. The summed E-state index contributed by atoms with van der Waals surface area (Å²) in [5.74, 6) is -0.420. The second kappa shape index (κ2) is 5.46. The van der Waals surface area contributed by atoms with Gasteiger partial charge in [0, 0.05) is 14.6 Å². The van der Waals surface area contributed by atoms with Gasteiger partial charge in [-0.1, -0.05) is 0 Å². The van der Waals surface area contributed by atoms with Gasteiger partial charge in [0.2, 0.25) is 0 Å². The monoisotopic (exact) mass is 360 g/mol. The maximum atomic E-state index is 11.2. The highest BCUT2D eigenvalue weighted by molar-refractivity contribution is 14.1. The first-order chi connectivity index (χ1) is 8.19. The van der Waals surface area contributed by atoms with Crippen molar-refractivity contribution < 1.29 is 9.53 Å². The number of rotatable bonds is 3. The molecule has 0 unspecified atom stereocenters. The number of carbonyl (C=O) groups is 1. The Kier molecular flexibility index (Phi) is 3.95. The number of methoxy groups -OCH3 is 1. The third-order valence-electron chi connectivity index (χ3n) is 1.99. The van der Waals surface area contributed by atoms with E-state index in [1.165, 1.54) is 22.0 Å². The summed E-state index contributed by atoms with van der Waals surface area (Å²) in [6.45, 7) is 0. The van der Waals surface area contributed by atoms with Crippen molar-refractivity contribution in [3.05, 3.63) is 38.9 Å². The molecule has 0 saturated carbocycles. The van der Waals surface area contributed by atoms with Crippen LogP contribution in [0.4, 0.5) is 10.8 Å². The van der Waals surface area contributed by atoms with Gasteiger partial charge in [-0.05, 0) is 46.9 Å². The fourth-order valence-corrected chi connectivity index (χ4v) is 2.25. The number of ether oxygens (including phenoxy) is 1. The number of carbonyl (C=O) groups excluding carboxylic acids is 1. The van der Waals surface area contributed by atoms with E-state index in [4.69, 9.17) is 0 Å². The number of nitrogens with one attached hydrogen (secondary N) is 1. The van der Waals surface area contributed by atoms with E-state index in [2.05, 4.69) is 37.6 Å². The summed E-state index contributed by atoms with van der Waals surface area (Å²) in [4.78, 5) is 15.3. The molecular formula is C11H9IN2O2S. The molecule has 1 N–H and O–H groups in total. The van der Waals surface area contributed by atoms with Crippen LogP contribution in [0.5, 0.6) is 0 Å². The minimum absolute atomic E-state index is 0.325. The molecule has 2 rings (SSSR count). The van der Waals surface area contributed by atoms with E-state index < -0.39 is 5.97 Å². The Morgan fingerprint density at radius 3 is 2.76 bits per heavy atom. The number of hydrogen-bond donors (Lipinski definition) is 1. The van der Waals surface area contributed by atoms with Crippen molar-refractivity contribution in [1.29, 1.82) is 0 Å². The predicted octanol–water partition coefficient (Wildman–Crippen LogP) is 3.28. The van der Waals surface area contributed by atoms with Crippen molar-refractivity contribution >= 4 is 50.7 Å². The van der Waals surface area contributed by atoms with Crippen LogP contribution in [-0.2, 0) is 4.74 Å². The van der Waals surface area contributed by atoms with E-state index in [1.807, 2.05) is 24.3 Å². The normalized spacial score (nSPS) is 10.0. The number of halogens is 1. The summed E-state index contributed by atoms with van der Waals surface area (Å²) in [5, 5.41) is 5.47. The Morgan fingerprint density at radius 1 is 1.41 bits per heavy atom. The molecule has 0 bridgehead atoms. The molecule has 0 atom stereocenters. The third-order valence-corrected chi connectivity index (χ3v) is 3.47. The Balaban J connectivity index is 2.11. The number of hydrogen-bond acceptors (Lipinski definition) is 5. The molecule has 0 fully saturated rings. The van der Waals surface area contributed by atoms with Crippen LogP contribution in [0.25, 0.3) is 0 Å². The van der Waals surface area contributed by atoms with Gasteiger partial charge in [-0.25, -0.2) is 9.78 Å². The highest BCUT2D eigenvalue weighted by Gasteiger charge is 2.10. The fourth-order valence-electron chi connectivity index (χ4n) is 1.19. The topological polar surface area (TPSA) is 51.2 Å². The molecular weight excluding hydrogens is 351 g/mol. The summed E-state index contributed by atoms with van der Waals surface area (Å²) in [6.07, 6.45) is 0. The summed E-state index contributed by atoms with van der Waals surface area (Å²) >= 11 is 3.61. The summed E-state index contributed by atoms with van der Waals surface area (Å²) in [5.41, 5.74) is 1.27. The van der Waals surface area contributed by atoms with Crippen LogP contribution in [-0.4, -0.2) is 18.1 Å². The Labute approximate surface area is 116 Å². The molecule has 1 aromatic carbocycles. The molecule has 0 aliphatic rings. The van der Waals surface area contributed by atoms with Crippen LogP contribution >= 0.6 is 33.9 Å². The molecule has 17 heavy (non-hydrogen) atoms. The molecule has 6 heteroatoms. The number of nitrogens with zero attached hydrogens (tertiary/aromatic N) is 1. The number of benzene rings is 1. The molecule has 0 spiro atoms. The fraction of sp³-hybridized carbons (Fsp3) is 0.0909. The molecule has 1 aromatic heterocycles. The molecule has 0 aliphatic carbocycles. The van der Waals surface area contributed by atoms with Crippen LogP contribution in [0.3, 0.4) is 0 Å². The van der Waals surface area contributed by atoms with E-state index in [0.29, 0.717) is 10.8 Å². The van der Waals surface area contributed by atoms with Crippen LogP contribution in [0.15, 0.2) is 29.6 Å². The zero-order valence-corrected chi connectivity index (χ0v) is 11.9. The minimum Gasteiger partial charge on any atom is -0.464 e. The number of aromatic nitrogens is 1. The second-order valence-corrected chi connectivity index (χ2v) is 5.27. The number of thiazole rings is 1. The van der Waals surface area contributed by atoms with E-state index in [1.54, 1.807) is 5.38 Å². The lowest BCUT2D eigenvalue weighted by atomic mass is 10.3. The Morgan fingerprint density at radius 2 is 2.12 bits per heavy atom. The van der Waals surface area contributed by atoms with Gasteiger partial charge >= 0.3 is 5.97 Å². The molecule has 0 aliphatic heterocycles. The van der Waals surface area contributed by atoms with E-state index >= 15 is 0 Å². The first-order valence-electron chi connectivity index (χ1n) is 4.75. The van der Waals surface area contributed by atoms with Crippen molar-refractivity contribution in [3.8, 4) is 0 Å². The average Bonchev–Trinajstić information content (AvgIpc) is 2.80. The average molecular weight is 360 g/mol. The van der Waals surface area contributed by atoms with Crippen molar-refractivity contribution in [2.24, 2.45) is 0 Å². The summed E-state index contributed by atoms with van der Waals surface area (Å²) in [6, 6.07) is 7.91. The van der Waals surface area contributed by atoms with E-state index in [-0.39, 0.29) is 0 Å². The lowest BCUT2D eigenvalue weighted by Crippen LogP contribution is -2.01. The van der Waals surface area contributed by atoms with Crippen LogP contribution in [0, 0.1) is 3.57 Å². The van der Waals surface area contributed by atoms with Gasteiger partial charge in [-0.2, -0.15) is 0 Å². The van der Waals surface area contributed by atoms with Crippen molar-refractivity contribution in [2.75, 3.05) is 12.4 Å². The lowest BCUT2D eigenvalue weighted by Gasteiger charge is -2.01. The van der Waals surface area contributed by atoms with Gasteiger partial charge in [0.05, 0.1) is 7.11 Å². The van der Waals surface area contributed by atoms with Crippen LogP contribution < -0.4 is 5.32 Å². The highest BCUT2D eigenvalue weighted by Crippen LogP contribution is 2.21. The smallest absolute Gasteiger partial charge is 0.357 e. The molecule has 0 saturated heterocycles. The first kappa shape index (κ1) is 12.3. The molecule has 1 heterocycles. The van der Waals surface area contributed by atoms with Gasteiger partial charge in [0.15, 0.2) is 10.8 Å². The molecule has 4 nitrogen and oxygen atoms in total.